The largest absolute Gasteiger partial charge is 0.355 e. The number of benzene rings is 2. The standard InChI is InChI=1S/C22H25N5O2/c1-2-23-21(28)15-25-11-13-26(14-12-25)22(29)17-7-9-18(10-8-17)27-16-24-19-5-3-4-6-20(19)27/h3-10,16H,2,11-15H2,1H3,(H,23,28). The van der Waals surface area contributed by atoms with E-state index in [-0.39, 0.29) is 11.8 Å². The van der Waals surface area contributed by atoms with Crippen LogP contribution in [-0.2, 0) is 4.79 Å². The molecule has 0 aliphatic carbocycles. The maximum atomic E-state index is 12.9. The van der Waals surface area contributed by atoms with Crippen molar-refractivity contribution in [2.24, 2.45) is 0 Å². The third kappa shape index (κ3) is 4.14. The molecule has 0 atom stereocenters. The second-order valence-corrected chi connectivity index (χ2v) is 7.17. The van der Waals surface area contributed by atoms with Crippen molar-refractivity contribution in [3.63, 3.8) is 0 Å². The molecule has 7 nitrogen and oxygen atoms in total. The molecule has 150 valence electrons. The lowest BCUT2D eigenvalue weighted by atomic mass is 10.1. The first-order valence-corrected chi connectivity index (χ1v) is 9.96. The Labute approximate surface area is 169 Å². The van der Waals surface area contributed by atoms with Gasteiger partial charge < -0.3 is 10.2 Å². The Bertz CT molecular complexity index is 1000. The molecule has 2 aromatic carbocycles. The SMILES string of the molecule is CCNC(=O)CN1CCN(C(=O)c2ccc(-n3cnc4ccccc43)cc2)CC1. The van der Waals surface area contributed by atoms with Crippen molar-refractivity contribution in [3.05, 3.63) is 60.4 Å². The number of para-hydroxylation sites is 2. The second kappa shape index (κ2) is 8.45. The van der Waals surface area contributed by atoms with E-state index >= 15 is 0 Å². The van der Waals surface area contributed by atoms with Gasteiger partial charge >= 0.3 is 0 Å². The fourth-order valence-corrected chi connectivity index (χ4v) is 3.68. The number of carbonyl (C=O) groups excluding carboxylic acids is 2. The maximum Gasteiger partial charge on any atom is 0.253 e. The lowest BCUT2D eigenvalue weighted by Crippen LogP contribution is -2.51. The number of likely N-dealkylation sites (N-methyl/N-ethyl adjacent to an activating group) is 1. The minimum atomic E-state index is 0.0321. The monoisotopic (exact) mass is 391 g/mol. The molecule has 4 rings (SSSR count). The number of hydrogen-bond donors (Lipinski definition) is 1. The highest BCUT2D eigenvalue weighted by atomic mass is 16.2. The average molecular weight is 391 g/mol. The van der Waals surface area contributed by atoms with E-state index in [1.165, 1.54) is 0 Å². The molecule has 1 N–H and O–H groups in total. The van der Waals surface area contributed by atoms with Crippen molar-refractivity contribution in [3.8, 4) is 5.69 Å². The molecule has 29 heavy (non-hydrogen) atoms. The molecule has 0 unspecified atom stereocenters. The predicted octanol–water partition coefficient (Wildman–Crippen LogP) is 1.92. The van der Waals surface area contributed by atoms with Gasteiger partial charge in [0.1, 0.15) is 6.33 Å². The number of fused-ring (bicyclic) bond motifs is 1. The molecular weight excluding hydrogens is 366 g/mol. The van der Waals surface area contributed by atoms with E-state index in [2.05, 4.69) is 15.2 Å². The van der Waals surface area contributed by atoms with Crippen LogP contribution in [0.1, 0.15) is 17.3 Å². The first kappa shape index (κ1) is 19.1. The summed E-state index contributed by atoms with van der Waals surface area (Å²) in [7, 11) is 0. The topological polar surface area (TPSA) is 70.5 Å². The van der Waals surface area contributed by atoms with Crippen LogP contribution in [0, 0.1) is 0 Å². The summed E-state index contributed by atoms with van der Waals surface area (Å²) in [4.78, 5) is 32.9. The molecule has 1 aliphatic heterocycles. The van der Waals surface area contributed by atoms with Crippen molar-refractivity contribution < 1.29 is 9.59 Å². The maximum absolute atomic E-state index is 12.9. The minimum absolute atomic E-state index is 0.0321. The van der Waals surface area contributed by atoms with E-state index in [1.807, 2.05) is 64.9 Å². The highest BCUT2D eigenvalue weighted by Gasteiger charge is 2.23. The van der Waals surface area contributed by atoms with Crippen LogP contribution in [0.15, 0.2) is 54.9 Å². The first-order valence-electron chi connectivity index (χ1n) is 9.96. The van der Waals surface area contributed by atoms with Crippen molar-refractivity contribution in [2.75, 3.05) is 39.3 Å². The molecule has 0 spiro atoms. The molecule has 2 heterocycles. The molecule has 1 saturated heterocycles. The summed E-state index contributed by atoms with van der Waals surface area (Å²) in [6.07, 6.45) is 1.80. The van der Waals surface area contributed by atoms with Gasteiger partial charge in [-0.15, -0.1) is 0 Å². The summed E-state index contributed by atoms with van der Waals surface area (Å²) in [6.45, 7) is 5.63. The van der Waals surface area contributed by atoms with Crippen LogP contribution in [0.5, 0.6) is 0 Å². The second-order valence-electron chi connectivity index (χ2n) is 7.17. The van der Waals surface area contributed by atoms with Crippen LogP contribution in [0.4, 0.5) is 0 Å². The summed E-state index contributed by atoms with van der Waals surface area (Å²) >= 11 is 0. The van der Waals surface area contributed by atoms with Gasteiger partial charge in [0.05, 0.1) is 17.6 Å². The van der Waals surface area contributed by atoms with Gasteiger partial charge in [-0.25, -0.2) is 4.98 Å². The quantitative estimate of drug-likeness (QED) is 0.721. The van der Waals surface area contributed by atoms with Gasteiger partial charge in [-0.3, -0.25) is 19.1 Å². The van der Waals surface area contributed by atoms with Gasteiger partial charge in [0, 0.05) is 44.0 Å². The average Bonchev–Trinajstić information content (AvgIpc) is 3.18. The number of nitrogens with one attached hydrogen (secondary N) is 1. The summed E-state index contributed by atoms with van der Waals surface area (Å²) in [5.41, 5.74) is 3.63. The molecule has 0 saturated carbocycles. The number of amides is 2. The lowest BCUT2D eigenvalue weighted by Gasteiger charge is -2.34. The number of hydrogen-bond acceptors (Lipinski definition) is 4. The van der Waals surface area contributed by atoms with Crippen molar-refractivity contribution >= 4 is 22.8 Å². The first-order chi connectivity index (χ1) is 14.2. The Hall–Kier alpha value is -3.19. The van der Waals surface area contributed by atoms with Crippen LogP contribution in [-0.4, -0.2) is 70.4 Å². The van der Waals surface area contributed by atoms with Crippen LogP contribution in [0.25, 0.3) is 16.7 Å². The van der Waals surface area contributed by atoms with E-state index in [1.54, 1.807) is 6.33 Å². The smallest absolute Gasteiger partial charge is 0.253 e. The van der Waals surface area contributed by atoms with Crippen LogP contribution >= 0.6 is 0 Å². The molecule has 3 aromatic rings. The van der Waals surface area contributed by atoms with E-state index in [4.69, 9.17) is 0 Å². The Balaban J connectivity index is 1.39. The Kier molecular flexibility index (Phi) is 5.57. The summed E-state index contributed by atoms with van der Waals surface area (Å²) in [5.74, 6) is 0.0691. The molecule has 0 bridgehead atoms. The molecule has 1 aliphatic rings. The third-order valence-electron chi connectivity index (χ3n) is 5.25. The zero-order valence-corrected chi connectivity index (χ0v) is 16.5. The summed E-state index contributed by atoms with van der Waals surface area (Å²) in [6, 6.07) is 15.6. The number of imidazole rings is 1. The molecule has 2 amide bonds. The normalized spacial score (nSPS) is 14.9. The van der Waals surface area contributed by atoms with E-state index < -0.39 is 0 Å². The Morgan fingerprint density at radius 3 is 2.45 bits per heavy atom. The number of nitrogens with zero attached hydrogens (tertiary/aromatic N) is 4. The minimum Gasteiger partial charge on any atom is -0.355 e. The molecule has 0 radical (unpaired) electrons. The van der Waals surface area contributed by atoms with Crippen LogP contribution in [0.3, 0.4) is 0 Å². The Morgan fingerprint density at radius 1 is 1.00 bits per heavy atom. The predicted molar refractivity (Wildman–Crippen MR) is 112 cm³/mol. The molecule has 7 heteroatoms. The van der Waals surface area contributed by atoms with Crippen molar-refractivity contribution in [2.45, 2.75) is 6.92 Å². The van der Waals surface area contributed by atoms with E-state index in [0.29, 0.717) is 44.8 Å². The fourth-order valence-electron chi connectivity index (χ4n) is 3.68. The number of aromatic nitrogens is 2. The highest BCUT2D eigenvalue weighted by Crippen LogP contribution is 2.19. The van der Waals surface area contributed by atoms with Gasteiger partial charge in [0.15, 0.2) is 0 Å². The molecule has 1 aromatic heterocycles. The zero-order chi connectivity index (χ0) is 20.2. The van der Waals surface area contributed by atoms with Crippen LogP contribution < -0.4 is 5.32 Å². The summed E-state index contributed by atoms with van der Waals surface area (Å²) in [5, 5.41) is 2.81. The number of rotatable bonds is 5. The van der Waals surface area contributed by atoms with Gasteiger partial charge in [0.2, 0.25) is 5.91 Å². The number of piperazine rings is 1. The molecular formula is C22H25N5O2. The van der Waals surface area contributed by atoms with E-state index in [0.717, 1.165) is 16.7 Å². The summed E-state index contributed by atoms with van der Waals surface area (Å²) < 4.78 is 2.02. The van der Waals surface area contributed by atoms with Gasteiger partial charge in [-0.05, 0) is 43.3 Å². The van der Waals surface area contributed by atoms with Gasteiger partial charge in [-0.2, -0.15) is 0 Å². The highest BCUT2D eigenvalue weighted by molar-refractivity contribution is 5.94. The van der Waals surface area contributed by atoms with Crippen LogP contribution in [0.2, 0.25) is 0 Å². The third-order valence-corrected chi connectivity index (χ3v) is 5.25. The zero-order valence-electron chi connectivity index (χ0n) is 16.5. The van der Waals surface area contributed by atoms with Crippen molar-refractivity contribution in [1.29, 1.82) is 0 Å². The Morgan fingerprint density at radius 2 is 1.72 bits per heavy atom. The van der Waals surface area contributed by atoms with E-state index in [9.17, 15) is 9.59 Å². The van der Waals surface area contributed by atoms with Crippen molar-refractivity contribution in [1.82, 2.24) is 24.7 Å². The lowest BCUT2D eigenvalue weighted by molar-refractivity contribution is -0.122. The van der Waals surface area contributed by atoms with Gasteiger partial charge in [-0.1, -0.05) is 12.1 Å². The molecule has 1 fully saturated rings. The number of carbonyl (C=O) groups is 2. The van der Waals surface area contributed by atoms with Gasteiger partial charge in [0.25, 0.3) is 5.91 Å². The fraction of sp³-hybridized carbons (Fsp3) is 0.318.